The molecule has 1 heterocycles. The molecule has 0 aromatic heterocycles. The van der Waals surface area contributed by atoms with E-state index in [9.17, 15) is 9.18 Å². The van der Waals surface area contributed by atoms with Crippen LogP contribution in [-0.4, -0.2) is 19.0 Å². The van der Waals surface area contributed by atoms with Gasteiger partial charge < -0.3 is 10.6 Å². The van der Waals surface area contributed by atoms with Crippen LogP contribution < -0.4 is 10.6 Å². The molecule has 1 atom stereocenters. The molecule has 18 heavy (non-hydrogen) atoms. The number of aryl methyl sites for hydroxylation is 1. The average Bonchev–Trinajstić information content (AvgIpc) is 2.28. The molecule has 0 saturated carbocycles. The van der Waals surface area contributed by atoms with Crippen LogP contribution in [0.3, 0.4) is 0 Å². The summed E-state index contributed by atoms with van der Waals surface area (Å²) in [6.07, 6.45) is 1.85. The molecule has 2 N–H and O–H groups in total. The van der Waals surface area contributed by atoms with E-state index in [2.05, 4.69) is 10.6 Å². The maximum absolute atomic E-state index is 13.3. The molecule has 1 fully saturated rings. The smallest absolute Gasteiger partial charge is 0.231 e. The molecular weight excluding hydrogens is 231 g/mol. The third kappa shape index (κ3) is 2.88. The lowest BCUT2D eigenvalue weighted by Crippen LogP contribution is -2.46. The number of anilines is 1. The van der Waals surface area contributed by atoms with Crippen molar-refractivity contribution in [3.8, 4) is 0 Å². The fourth-order valence-electron chi connectivity index (χ4n) is 2.34. The van der Waals surface area contributed by atoms with Gasteiger partial charge in [-0.3, -0.25) is 4.79 Å². The normalized spacial score (nSPS) is 23.7. The molecule has 1 aliphatic heterocycles. The largest absolute Gasteiger partial charge is 0.325 e. The Labute approximate surface area is 107 Å². The Morgan fingerprint density at radius 3 is 2.83 bits per heavy atom. The highest BCUT2D eigenvalue weighted by molar-refractivity contribution is 5.95. The summed E-state index contributed by atoms with van der Waals surface area (Å²) >= 11 is 0. The Morgan fingerprint density at radius 2 is 2.22 bits per heavy atom. The molecule has 0 spiro atoms. The van der Waals surface area contributed by atoms with Crippen molar-refractivity contribution < 1.29 is 9.18 Å². The van der Waals surface area contributed by atoms with E-state index < -0.39 is 5.41 Å². The lowest BCUT2D eigenvalue weighted by Gasteiger charge is -2.32. The number of piperidine rings is 1. The molecule has 1 aromatic rings. The third-order valence-corrected chi connectivity index (χ3v) is 3.45. The number of carbonyl (C=O) groups is 1. The van der Waals surface area contributed by atoms with Gasteiger partial charge in [-0.2, -0.15) is 0 Å². The number of halogens is 1. The first-order chi connectivity index (χ1) is 8.49. The lowest BCUT2D eigenvalue weighted by atomic mass is 9.82. The molecule has 1 aliphatic rings. The number of hydrogen-bond acceptors (Lipinski definition) is 2. The van der Waals surface area contributed by atoms with Crippen LogP contribution in [0.15, 0.2) is 18.2 Å². The highest BCUT2D eigenvalue weighted by Gasteiger charge is 2.34. The molecule has 0 bridgehead atoms. The zero-order valence-electron chi connectivity index (χ0n) is 10.8. The lowest BCUT2D eigenvalue weighted by molar-refractivity contribution is -0.125. The summed E-state index contributed by atoms with van der Waals surface area (Å²) in [4.78, 5) is 12.2. The van der Waals surface area contributed by atoms with Gasteiger partial charge in [0.25, 0.3) is 0 Å². The van der Waals surface area contributed by atoms with Crippen LogP contribution in [0, 0.1) is 18.2 Å². The Kier molecular flexibility index (Phi) is 3.66. The van der Waals surface area contributed by atoms with Gasteiger partial charge in [0.15, 0.2) is 0 Å². The summed E-state index contributed by atoms with van der Waals surface area (Å²) in [5.41, 5.74) is 0.930. The van der Waals surface area contributed by atoms with E-state index >= 15 is 0 Å². The van der Waals surface area contributed by atoms with E-state index in [1.165, 1.54) is 12.1 Å². The second-order valence-electron chi connectivity index (χ2n) is 5.31. The van der Waals surface area contributed by atoms with Crippen LogP contribution in [0.1, 0.15) is 25.3 Å². The van der Waals surface area contributed by atoms with Gasteiger partial charge in [0.1, 0.15) is 5.82 Å². The van der Waals surface area contributed by atoms with Crippen molar-refractivity contribution in [1.29, 1.82) is 0 Å². The quantitative estimate of drug-likeness (QED) is 0.846. The minimum atomic E-state index is -0.404. The van der Waals surface area contributed by atoms with Crippen LogP contribution in [0.25, 0.3) is 0 Å². The van der Waals surface area contributed by atoms with Crippen LogP contribution in [0.4, 0.5) is 10.1 Å². The Hall–Kier alpha value is -1.42. The zero-order valence-corrected chi connectivity index (χ0v) is 10.8. The molecule has 0 aliphatic carbocycles. The van der Waals surface area contributed by atoms with Crippen molar-refractivity contribution in [2.45, 2.75) is 26.7 Å². The SMILES string of the molecule is Cc1cc(F)cc(NC(=O)C2(C)CCCNC2)c1. The molecule has 3 nitrogen and oxygen atoms in total. The molecular formula is C14H19FN2O. The summed E-state index contributed by atoms with van der Waals surface area (Å²) in [6, 6.07) is 4.57. The number of rotatable bonds is 2. The second-order valence-corrected chi connectivity index (χ2v) is 5.31. The first kappa shape index (κ1) is 13.0. The van der Waals surface area contributed by atoms with Crippen molar-refractivity contribution in [2.75, 3.05) is 18.4 Å². The minimum Gasteiger partial charge on any atom is -0.325 e. The molecule has 1 amide bonds. The van der Waals surface area contributed by atoms with Crippen molar-refractivity contribution in [2.24, 2.45) is 5.41 Å². The average molecular weight is 250 g/mol. The summed E-state index contributed by atoms with van der Waals surface area (Å²) in [5.74, 6) is -0.364. The Bertz CT molecular complexity index is 433. The molecule has 1 aromatic carbocycles. The van der Waals surface area contributed by atoms with E-state index in [1.807, 2.05) is 13.8 Å². The van der Waals surface area contributed by atoms with E-state index in [0.29, 0.717) is 12.2 Å². The molecule has 98 valence electrons. The van der Waals surface area contributed by atoms with Gasteiger partial charge in [0, 0.05) is 12.2 Å². The van der Waals surface area contributed by atoms with Gasteiger partial charge in [-0.1, -0.05) is 0 Å². The van der Waals surface area contributed by atoms with E-state index in [-0.39, 0.29) is 11.7 Å². The highest BCUT2D eigenvalue weighted by Crippen LogP contribution is 2.27. The predicted molar refractivity (Wildman–Crippen MR) is 70.0 cm³/mol. The number of nitrogens with one attached hydrogen (secondary N) is 2. The van der Waals surface area contributed by atoms with Crippen molar-refractivity contribution in [3.63, 3.8) is 0 Å². The topological polar surface area (TPSA) is 41.1 Å². The van der Waals surface area contributed by atoms with Gasteiger partial charge in [0.05, 0.1) is 5.41 Å². The molecule has 0 radical (unpaired) electrons. The fourth-order valence-corrected chi connectivity index (χ4v) is 2.34. The van der Waals surface area contributed by atoms with Gasteiger partial charge in [-0.05, 0) is 57.0 Å². The summed E-state index contributed by atoms with van der Waals surface area (Å²) < 4.78 is 13.3. The number of amides is 1. The first-order valence-corrected chi connectivity index (χ1v) is 6.29. The third-order valence-electron chi connectivity index (χ3n) is 3.45. The van der Waals surface area contributed by atoms with Gasteiger partial charge >= 0.3 is 0 Å². The second kappa shape index (κ2) is 5.06. The van der Waals surface area contributed by atoms with Crippen molar-refractivity contribution >= 4 is 11.6 Å². The summed E-state index contributed by atoms with van der Waals surface area (Å²) in [7, 11) is 0. The van der Waals surface area contributed by atoms with Gasteiger partial charge in [0.2, 0.25) is 5.91 Å². The molecule has 1 unspecified atom stereocenters. The number of benzene rings is 1. The number of carbonyl (C=O) groups excluding carboxylic acids is 1. The first-order valence-electron chi connectivity index (χ1n) is 6.29. The molecule has 1 saturated heterocycles. The Balaban J connectivity index is 2.10. The Morgan fingerprint density at radius 1 is 1.44 bits per heavy atom. The summed E-state index contributed by atoms with van der Waals surface area (Å²) in [6.45, 7) is 5.39. The standard InChI is InChI=1S/C14H19FN2O/c1-10-6-11(15)8-12(7-10)17-13(18)14(2)4-3-5-16-9-14/h6-8,16H,3-5,9H2,1-2H3,(H,17,18). The molecule has 4 heteroatoms. The van der Waals surface area contributed by atoms with Crippen molar-refractivity contribution in [1.82, 2.24) is 5.32 Å². The maximum Gasteiger partial charge on any atom is 0.231 e. The van der Waals surface area contributed by atoms with Gasteiger partial charge in [-0.25, -0.2) is 4.39 Å². The minimum absolute atomic E-state index is 0.0419. The molecule has 2 rings (SSSR count). The van der Waals surface area contributed by atoms with E-state index in [1.54, 1.807) is 6.07 Å². The maximum atomic E-state index is 13.3. The number of hydrogen-bond donors (Lipinski definition) is 2. The van der Waals surface area contributed by atoms with Crippen LogP contribution in [0.5, 0.6) is 0 Å². The monoisotopic (exact) mass is 250 g/mol. The van der Waals surface area contributed by atoms with E-state index in [4.69, 9.17) is 0 Å². The predicted octanol–water partition coefficient (Wildman–Crippen LogP) is 2.46. The highest BCUT2D eigenvalue weighted by atomic mass is 19.1. The van der Waals surface area contributed by atoms with Crippen LogP contribution >= 0.6 is 0 Å². The van der Waals surface area contributed by atoms with E-state index in [0.717, 1.165) is 24.9 Å². The fraction of sp³-hybridized carbons (Fsp3) is 0.500. The summed E-state index contributed by atoms with van der Waals surface area (Å²) in [5, 5.41) is 6.04. The van der Waals surface area contributed by atoms with Crippen LogP contribution in [-0.2, 0) is 4.79 Å². The zero-order chi connectivity index (χ0) is 13.2. The van der Waals surface area contributed by atoms with Crippen LogP contribution in [0.2, 0.25) is 0 Å². The van der Waals surface area contributed by atoms with Crippen molar-refractivity contribution in [3.05, 3.63) is 29.6 Å². The van der Waals surface area contributed by atoms with Gasteiger partial charge in [-0.15, -0.1) is 0 Å².